The third kappa shape index (κ3) is 5.03. The van der Waals surface area contributed by atoms with E-state index in [4.69, 9.17) is 5.73 Å². The molecule has 0 unspecified atom stereocenters. The van der Waals surface area contributed by atoms with Gasteiger partial charge in [-0.3, -0.25) is 9.89 Å². The molecule has 0 spiro atoms. The largest absolute Gasteiger partial charge is 0.461 e. The number of hydrogen-bond acceptors (Lipinski definition) is 5. The number of benzene rings is 1. The molecular formula is C13H15N3O3. The van der Waals surface area contributed by atoms with E-state index < -0.39 is 5.97 Å². The molecule has 0 atom stereocenters. The molecule has 0 radical (unpaired) electrons. The minimum atomic E-state index is -0.458. The van der Waals surface area contributed by atoms with Gasteiger partial charge in [0.25, 0.3) is 0 Å². The van der Waals surface area contributed by atoms with Crippen LogP contribution in [0.4, 0.5) is 5.82 Å². The summed E-state index contributed by atoms with van der Waals surface area (Å²) < 4.78 is 4.66. The number of hydrogen-bond donors (Lipinski definition) is 2. The van der Waals surface area contributed by atoms with Crippen LogP contribution < -0.4 is 5.73 Å². The Hall–Kier alpha value is -2.63. The lowest BCUT2D eigenvalue weighted by atomic mass is 10.2. The molecule has 0 fully saturated rings. The molecule has 0 saturated heterocycles. The molecule has 0 aliphatic rings. The zero-order valence-corrected chi connectivity index (χ0v) is 10.5. The van der Waals surface area contributed by atoms with Crippen LogP contribution in [-0.2, 0) is 4.74 Å². The highest BCUT2D eigenvalue weighted by atomic mass is 16.5. The van der Waals surface area contributed by atoms with Crippen molar-refractivity contribution in [2.45, 2.75) is 6.92 Å². The second-order valence-corrected chi connectivity index (χ2v) is 3.46. The van der Waals surface area contributed by atoms with Gasteiger partial charge in [-0.15, -0.1) is 0 Å². The molecule has 1 aromatic carbocycles. The molecule has 0 amide bonds. The Bertz CT molecular complexity index is 523. The quantitative estimate of drug-likeness (QED) is 0.646. The number of anilines is 1. The monoisotopic (exact) mass is 261 g/mol. The summed E-state index contributed by atoms with van der Waals surface area (Å²) in [6.07, 6.45) is 0.833. The highest BCUT2D eigenvalue weighted by Gasteiger charge is 2.08. The van der Waals surface area contributed by atoms with E-state index in [9.17, 15) is 9.59 Å². The van der Waals surface area contributed by atoms with Gasteiger partial charge in [-0.25, -0.2) is 4.79 Å². The first-order valence-corrected chi connectivity index (χ1v) is 5.65. The van der Waals surface area contributed by atoms with E-state index in [0.29, 0.717) is 12.4 Å². The number of aldehydes is 1. The lowest BCUT2D eigenvalue weighted by molar-refractivity contribution is 0.0519. The van der Waals surface area contributed by atoms with Crippen molar-refractivity contribution >= 4 is 18.1 Å². The van der Waals surface area contributed by atoms with E-state index in [0.717, 1.165) is 11.8 Å². The van der Waals surface area contributed by atoms with E-state index >= 15 is 0 Å². The number of carbonyl (C=O) groups excluding carboxylic acids is 2. The molecule has 6 heteroatoms. The number of rotatable bonds is 3. The predicted molar refractivity (Wildman–Crippen MR) is 70.8 cm³/mol. The number of aromatic amines is 1. The molecule has 1 aromatic heterocycles. The third-order valence-electron chi connectivity index (χ3n) is 2.02. The van der Waals surface area contributed by atoms with Gasteiger partial charge >= 0.3 is 5.97 Å². The first kappa shape index (κ1) is 14.4. The smallest absolute Gasteiger partial charge is 0.358 e. The topological polar surface area (TPSA) is 98.1 Å². The summed E-state index contributed by atoms with van der Waals surface area (Å²) in [7, 11) is 0. The van der Waals surface area contributed by atoms with Crippen molar-refractivity contribution in [1.29, 1.82) is 0 Å². The first-order chi connectivity index (χ1) is 9.17. The Balaban J connectivity index is 0.000000200. The molecule has 0 bridgehead atoms. The summed E-state index contributed by atoms with van der Waals surface area (Å²) in [6, 6.07) is 10.5. The van der Waals surface area contributed by atoms with E-state index in [1.54, 1.807) is 19.1 Å². The van der Waals surface area contributed by atoms with Crippen molar-refractivity contribution in [2.24, 2.45) is 0 Å². The second-order valence-electron chi connectivity index (χ2n) is 3.46. The normalized spacial score (nSPS) is 9.11. The van der Waals surface area contributed by atoms with Gasteiger partial charge < -0.3 is 10.5 Å². The fourth-order valence-corrected chi connectivity index (χ4v) is 1.18. The SMILES string of the molecule is CCOC(=O)c1cc(N)[nH]n1.O=Cc1ccccc1. The Morgan fingerprint density at radius 3 is 2.53 bits per heavy atom. The Morgan fingerprint density at radius 1 is 1.42 bits per heavy atom. The minimum absolute atomic E-state index is 0.212. The van der Waals surface area contributed by atoms with Crippen LogP contribution in [0.15, 0.2) is 36.4 Å². The van der Waals surface area contributed by atoms with Crippen LogP contribution in [0.3, 0.4) is 0 Å². The highest BCUT2D eigenvalue weighted by molar-refractivity contribution is 5.87. The van der Waals surface area contributed by atoms with Crippen molar-refractivity contribution in [3.05, 3.63) is 47.7 Å². The summed E-state index contributed by atoms with van der Waals surface area (Å²) in [4.78, 5) is 20.9. The van der Waals surface area contributed by atoms with Gasteiger partial charge in [0.2, 0.25) is 0 Å². The number of nitrogen functional groups attached to an aromatic ring is 1. The molecule has 6 nitrogen and oxygen atoms in total. The van der Waals surface area contributed by atoms with Gasteiger partial charge in [0, 0.05) is 11.6 Å². The number of nitrogens with two attached hydrogens (primary N) is 1. The van der Waals surface area contributed by atoms with Gasteiger partial charge in [0.05, 0.1) is 6.61 Å². The van der Waals surface area contributed by atoms with Crippen LogP contribution in [0.25, 0.3) is 0 Å². The van der Waals surface area contributed by atoms with Crippen LogP contribution in [0, 0.1) is 0 Å². The van der Waals surface area contributed by atoms with Crippen molar-refractivity contribution < 1.29 is 14.3 Å². The molecule has 19 heavy (non-hydrogen) atoms. The Morgan fingerprint density at radius 2 is 2.11 bits per heavy atom. The number of H-pyrrole nitrogens is 1. The number of carbonyl (C=O) groups is 2. The number of ether oxygens (including phenoxy) is 1. The van der Waals surface area contributed by atoms with Crippen LogP contribution in [0.1, 0.15) is 27.8 Å². The fourth-order valence-electron chi connectivity index (χ4n) is 1.18. The lowest BCUT2D eigenvalue weighted by Crippen LogP contribution is -2.04. The van der Waals surface area contributed by atoms with Crippen LogP contribution in [0.5, 0.6) is 0 Å². The maximum absolute atomic E-state index is 10.9. The van der Waals surface area contributed by atoms with Crippen molar-refractivity contribution in [1.82, 2.24) is 10.2 Å². The number of esters is 1. The number of aromatic nitrogens is 2. The molecule has 1 heterocycles. The van der Waals surface area contributed by atoms with Crippen LogP contribution in [0.2, 0.25) is 0 Å². The maximum Gasteiger partial charge on any atom is 0.358 e. The summed E-state index contributed by atoms with van der Waals surface area (Å²) in [6.45, 7) is 2.07. The molecule has 100 valence electrons. The molecule has 0 aliphatic heterocycles. The molecular weight excluding hydrogens is 246 g/mol. The minimum Gasteiger partial charge on any atom is -0.461 e. The van der Waals surface area contributed by atoms with Crippen LogP contribution in [-0.4, -0.2) is 29.1 Å². The summed E-state index contributed by atoms with van der Waals surface area (Å²) in [5, 5.41) is 6.04. The summed E-state index contributed by atoms with van der Waals surface area (Å²) in [5.41, 5.74) is 6.23. The van der Waals surface area contributed by atoms with Crippen molar-refractivity contribution in [3.63, 3.8) is 0 Å². The highest BCUT2D eigenvalue weighted by Crippen LogP contribution is 2.01. The molecule has 0 aliphatic carbocycles. The third-order valence-corrected chi connectivity index (χ3v) is 2.02. The summed E-state index contributed by atoms with van der Waals surface area (Å²) >= 11 is 0. The Kier molecular flexibility index (Phi) is 5.81. The van der Waals surface area contributed by atoms with Gasteiger partial charge in [-0.1, -0.05) is 30.3 Å². The van der Waals surface area contributed by atoms with Crippen molar-refractivity contribution in [2.75, 3.05) is 12.3 Å². The van der Waals surface area contributed by atoms with Crippen LogP contribution >= 0.6 is 0 Å². The van der Waals surface area contributed by atoms with E-state index in [-0.39, 0.29) is 5.69 Å². The average molecular weight is 261 g/mol. The lowest BCUT2D eigenvalue weighted by Gasteiger charge is -1.94. The van der Waals surface area contributed by atoms with Gasteiger partial charge in [-0.05, 0) is 6.92 Å². The average Bonchev–Trinajstić information content (AvgIpc) is 2.87. The zero-order chi connectivity index (χ0) is 14.1. The van der Waals surface area contributed by atoms with Crippen molar-refractivity contribution in [3.8, 4) is 0 Å². The molecule has 0 saturated carbocycles. The number of nitrogens with zero attached hydrogens (tertiary/aromatic N) is 1. The first-order valence-electron chi connectivity index (χ1n) is 5.65. The van der Waals surface area contributed by atoms with Gasteiger partial charge in [0.15, 0.2) is 5.69 Å². The molecule has 2 rings (SSSR count). The predicted octanol–water partition coefficient (Wildman–Crippen LogP) is 1.67. The van der Waals surface area contributed by atoms with E-state index in [1.165, 1.54) is 6.07 Å². The standard InChI is InChI=1S/C7H6O.C6H9N3O2/c8-6-7-4-2-1-3-5-7;1-2-11-6(10)4-3-5(7)9-8-4/h1-6H;3H,2H2,1H3,(H3,7,8,9). The van der Waals surface area contributed by atoms with E-state index in [2.05, 4.69) is 14.9 Å². The maximum atomic E-state index is 10.9. The Labute approximate surface area is 110 Å². The molecule has 2 aromatic rings. The zero-order valence-electron chi connectivity index (χ0n) is 10.5. The number of nitrogens with one attached hydrogen (secondary N) is 1. The second kappa shape index (κ2) is 7.65. The summed E-state index contributed by atoms with van der Waals surface area (Å²) in [5.74, 6) is -0.103. The molecule has 3 N–H and O–H groups in total. The fraction of sp³-hybridized carbons (Fsp3) is 0.154. The van der Waals surface area contributed by atoms with E-state index in [1.807, 2.05) is 18.2 Å². The van der Waals surface area contributed by atoms with Gasteiger partial charge in [0.1, 0.15) is 12.1 Å². The van der Waals surface area contributed by atoms with Gasteiger partial charge in [-0.2, -0.15) is 5.10 Å².